The Morgan fingerprint density at radius 2 is 1.79 bits per heavy atom. The molecule has 0 aliphatic carbocycles. The molecule has 0 aliphatic heterocycles. The van der Waals surface area contributed by atoms with Gasteiger partial charge in [-0.25, -0.2) is 9.18 Å². The Morgan fingerprint density at radius 1 is 1.12 bits per heavy atom. The van der Waals surface area contributed by atoms with Gasteiger partial charge in [0.05, 0.1) is 12.7 Å². The Kier molecular flexibility index (Phi) is 5.52. The molecule has 24 heavy (non-hydrogen) atoms. The van der Waals surface area contributed by atoms with Crippen LogP contribution in [0.15, 0.2) is 42.5 Å². The first-order chi connectivity index (χ1) is 11.4. The van der Waals surface area contributed by atoms with Gasteiger partial charge >= 0.3 is 5.97 Å². The van der Waals surface area contributed by atoms with Gasteiger partial charge < -0.3 is 14.8 Å². The summed E-state index contributed by atoms with van der Waals surface area (Å²) < 4.78 is 23.7. The van der Waals surface area contributed by atoms with Crippen LogP contribution in [0, 0.1) is 12.7 Å². The van der Waals surface area contributed by atoms with Crippen molar-refractivity contribution in [3.63, 3.8) is 0 Å². The van der Waals surface area contributed by atoms with Crippen LogP contribution in [0.25, 0.3) is 0 Å². The zero-order chi connectivity index (χ0) is 17.7. The number of hydrogen-bond donors (Lipinski definition) is 1. The average Bonchev–Trinajstić information content (AvgIpc) is 2.56. The van der Waals surface area contributed by atoms with Crippen molar-refractivity contribution < 1.29 is 23.5 Å². The largest absolute Gasteiger partial charge is 0.497 e. The number of methoxy groups -OCH3 is 1. The summed E-state index contributed by atoms with van der Waals surface area (Å²) >= 11 is 0. The third kappa shape index (κ3) is 4.32. The Balaban J connectivity index is 2.00. The van der Waals surface area contributed by atoms with E-state index in [0.717, 1.165) is 11.6 Å². The van der Waals surface area contributed by atoms with Gasteiger partial charge in [0, 0.05) is 11.8 Å². The summed E-state index contributed by atoms with van der Waals surface area (Å²) in [6.07, 6.45) is -1.07. The maximum Gasteiger partial charge on any atom is 0.341 e. The molecule has 2 rings (SSSR count). The number of esters is 1. The molecule has 2 aromatic carbocycles. The summed E-state index contributed by atoms with van der Waals surface area (Å²) in [5, 5.41) is 2.63. The molecule has 1 atom stereocenters. The first kappa shape index (κ1) is 17.5. The molecule has 0 fully saturated rings. The molecule has 0 radical (unpaired) electrons. The second-order valence-electron chi connectivity index (χ2n) is 5.25. The van der Waals surface area contributed by atoms with E-state index < -0.39 is 23.8 Å². The first-order valence-corrected chi connectivity index (χ1v) is 7.32. The van der Waals surface area contributed by atoms with E-state index in [-0.39, 0.29) is 11.3 Å². The van der Waals surface area contributed by atoms with Crippen LogP contribution in [0.5, 0.6) is 5.75 Å². The van der Waals surface area contributed by atoms with E-state index in [1.165, 1.54) is 26.2 Å². The van der Waals surface area contributed by atoms with E-state index in [0.29, 0.717) is 5.69 Å². The third-order valence-electron chi connectivity index (χ3n) is 3.37. The van der Waals surface area contributed by atoms with Crippen molar-refractivity contribution in [1.82, 2.24) is 0 Å². The number of nitrogens with one attached hydrogen (secondary N) is 1. The monoisotopic (exact) mass is 331 g/mol. The predicted molar refractivity (Wildman–Crippen MR) is 87.6 cm³/mol. The third-order valence-corrected chi connectivity index (χ3v) is 3.37. The fourth-order valence-corrected chi connectivity index (χ4v) is 1.95. The van der Waals surface area contributed by atoms with Crippen LogP contribution < -0.4 is 10.1 Å². The van der Waals surface area contributed by atoms with Gasteiger partial charge in [-0.05, 0) is 38.1 Å². The SMILES string of the molecule is COc1ccc(C(=O)O[C@@H](C)C(=O)Nc2ccc(C)cc2)c(F)c1. The minimum absolute atomic E-state index is 0.259. The lowest BCUT2D eigenvalue weighted by molar-refractivity contribution is -0.123. The van der Waals surface area contributed by atoms with Crippen molar-refractivity contribution in [2.45, 2.75) is 20.0 Å². The van der Waals surface area contributed by atoms with Crippen molar-refractivity contribution in [1.29, 1.82) is 0 Å². The standard InChI is InChI=1S/C18H18FNO4/c1-11-4-6-13(7-5-11)20-17(21)12(2)24-18(22)15-9-8-14(23-3)10-16(15)19/h4-10,12H,1-3H3,(H,20,21)/t12-/m0/s1. The molecule has 2 aromatic rings. The number of rotatable bonds is 5. The molecule has 1 N–H and O–H groups in total. The highest BCUT2D eigenvalue weighted by Crippen LogP contribution is 2.18. The molecule has 0 saturated heterocycles. The van der Waals surface area contributed by atoms with E-state index in [9.17, 15) is 14.0 Å². The average molecular weight is 331 g/mol. The summed E-state index contributed by atoms with van der Waals surface area (Å²) in [6, 6.07) is 10.9. The summed E-state index contributed by atoms with van der Waals surface area (Å²) in [5.74, 6) is -1.90. The summed E-state index contributed by atoms with van der Waals surface area (Å²) in [7, 11) is 1.39. The Morgan fingerprint density at radius 3 is 2.38 bits per heavy atom. The molecule has 0 bridgehead atoms. The van der Waals surface area contributed by atoms with Crippen LogP contribution in [-0.4, -0.2) is 25.1 Å². The van der Waals surface area contributed by atoms with Crippen molar-refractivity contribution in [3.05, 3.63) is 59.4 Å². The van der Waals surface area contributed by atoms with Gasteiger partial charge in [-0.1, -0.05) is 17.7 Å². The number of amides is 1. The molecular formula is C18H18FNO4. The van der Waals surface area contributed by atoms with Gasteiger partial charge in [0.15, 0.2) is 6.10 Å². The zero-order valence-corrected chi connectivity index (χ0v) is 13.6. The van der Waals surface area contributed by atoms with Gasteiger partial charge in [0.1, 0.15) is 11.6 Å². The minimum atomic E-state index is -1.07. The lowest BCUT2D eigenvalue weighted by atomic mass is 10.2. The van der Waals surface area contributed by atoms with Gasteiger partial charge in [0.2, 0.25) is 0 Å². The van der Waals surface area contributed by atoms with Gasteiger partial charge in [-0.3, -0.25) is 4.79 Å². The van der Waals surface area contributed by atoms with Crippen LogP contribution >= 0.6 is 0 Å². The Bertz CT molecular complexity index is 743. The number of carbonyl (C=O) groups excluding carboxylic acids is 2. The number of aryl methyl sites for hydroxylation is 1. The molecule has 6 heteroatoms. The highest BCUT2D eigenvalue weighted by Gasteiger charge is 2.21. The van der Waals surface area contributed by atoms with Gasteiger partial charge in [0.25, 0.3) is 5.91 Å². The molecule has 126 valence electrons. The number of carbonyl (C=O) groups is 2. The molecule has 1 amide bonds. The van der Waals surface area contributed by atoms with Crippen LogP contribution in [0.2, 0.25) is 0 Å². The Hall–Kier alpha value is -2.89. The number of ether oxygens (including phenoxy) is 2. The van der Waals surface area contributed by atoms with Crippen molar-refractivity contribution in [2.24, 2.45) is 0 Å². The van der Waals surface area contributed by atoms with E-state index in [4.69, 9.17) is 9.47 Å². The van der Waals surface area contributed by atoms with E-state index in [1.807, 2.05) is 19.1 Å². The zero-order valence-electron chi connectivity index (χ0n) is 13.6. The summed E-state index contributed by atoms with van der Waals surface area (Å²) in [6.45, 7) is 3.35. The predicted octanol–water partition coefficient (Wildman–Crippen LogP) is 3.33. The van der Waals surface area contributed by atoms with Crippen molar-refractivity contribution in [3.8, 4) is 5.75 Å². The maximum atomic E-state index is 13.8. The van der Waals surface area contributed by atoms with Gasteiger partial charge in [-0.15, -0.1) is 0 Å². The second-order valence-corrected chi connectivity index (χ2v) is 5.25. The molecule has 0 heterocycles. The Labute approximate surface area is 139 Å². The molecule has 0 aliphatic rings. The minimum Gasteiger partial charge on any atom is -0.497 e. The molecule has 0 aromatic heterocycles. The number of anilines is 1. The van der Waals surface area contributed by atoms with E-state index in [2.05, 4.69) is 5.32 Å². The molecule has 0 spiro atoms. The lowest BCUT2D eigenvalue weighted by Crippen LogP contribution is -2.30. The molecule has 0 unspecified atom stereocenters. The fraction of sp³-hybridized carbons (Fsp3) is 0.222. The number of benzene rings is 2. The number of hydrogen-bond acceptors (Lipinski definition) is 4. The molecule has 0 saturated carbocycles. The van der Waals surface area contributed by atoms with Gasteiger partial charge in [-0.2, -0.15) is 0 Å². The van der Waals surface area contributed by atoms with Crippen LogP contribution in [0.4, 0.5) is 10.1 Å². The van der Waals surface area contributed by atoms with Crippen molar-refractivity contribution >= 4 is 17.6 Å². The fourth-order valence-electron chi connectivity index (χ4n) is 1.95. The quantitative estimate of drug-likeness (QED) is 0.854. The topological polar surface area (TPSA) is 64.6 Å². The van der Waals surface area contributed by atoms with Crippen molar-refractivity contribution in [2.75, 3.05) is 12.4 Å². The van der Waals surface area contributed by atoms with Crippen LogP contribution in [0.1, 0.15) is 22.8 Å². The molecular weight excluding hydrogens is 313 g/mol. The normalized spacial score (nSPS) is 11.5. The molecule has 5 nitrogen and oxygen atoms in total. The highest BCUT2D eigenvalue weighted by molar-refractivity contribution is 5.97. The summed E-state index contributed by atoms with van der Waals surface area (Å²) in [4.78, 5) is 24.0. The van der Waals surface area contributed by atoms with Crippen LogP contribution in [0.3, 0.4) is 0 Å². The number of halogens is 1. The summed E-state index contributed by atoms with van der Waals surface area (Å²) in [5.41, 5.74) is 1.39. The first-order valence-electron chi connectivity index (χ1n) is 7.32. The smallest absolute Gasteiger partial charge is 0.341 e. The van der Waals surface area contributed by atoms with E-state index in [1.54, 1.807) is 12.1 Å². The second kappa shape index (κ2) is 7.59. The highest BCUT2D eigenvalue weighted by atomic mass is 19.1. The van der Waals surface area contributed by atoms with Crippen LogP contribution in [-0.2, 0) is 9.53 Å². The maximum absolute atomic E-state index is 13.8. The lowest BCUT2D eigenvalue weighted by Gasteiger charge is -2.14. The van der Waals surface area contributed by atoms with E-state index >= 15 is 0 Å².